The molecule has 0 radical (unpaired) electrons. The second-order valence-corrected chi connectivity index (χ2v) is 6.95. The van der Waals surface area contributed by atoms with Gasteiger partial charge in [0, 0.05) is 0 Å². The lowest BCUT2D eigenvalue weighted by Crippen LogP contribution is -2.38. The number of carboxylic acids is 1. The molecule has 4 amide bonds. The van der Waals surface area contributed by atoms with Crippen LogP contribution in [0.15, 0.2) is 48.2 Å². The molecule has 34 heavy (non-hydrogen) atoms. The zero-order chi connectivity index (χ0) is 24.7. The maximum Gasteiger partial charge on any atom is 0.341 e. The fraction of sp³-hybridized carbons (Fsp3) is 0.217. The Morgan fingerprint density at radius 3 is 2.56 bits per heavy atom. The predicted molar refractivity (Wildman–Crippen MR) is 121 cm³/mol. The van der Waals surface area contributed by atoms with Gasteiger partial charge in [0.05, 0.1) is 19.4 Å². The summed E-state index contributed by atoms with van der Waals surface area (Å²) in [6, 6.07) is 10.6. The molecule has 0 bridgehead atoms. The van der Waals surface area contributed by atoms with Crippen LogP contribution in [0.1, 0.15) is 12.5 Å². The van der Waals surface area contributed by atoms with E-state index in [0.29, 0.717) is 23.6 Å². The molecule has 3 N–H and O–H groups in total. The summed E-state index contributed by atoms with van der Waals surface area (Å²) in [6.45, 7) is 1.02. The highest BCUT2D eigenvalue weighted by Gasteiger charge is 2.35. The van der Waals surface area contributed by atoms with Crippen LogP contribution in [0.5, 0.6) is 17.2 Å². The summed E-state index contributed by atoms with van der Waals surface area (Å²) in [7, 11) is 1.46. The highest BCUT2D eigenvalue weighted by Crippen LogP contribution is 2.30. The molecule has 11 heteroatoms. The average molecular weight is 469 g/mol. The molecule has 0 aromatic heterocycles. The number of aliphatic carboxylic acids is 1. The molecule has 11 nitrogen and oxygen atoms in total. The van der Waals surface area contributed by atoms with E-state index in [0.717, 1.165) is 4.90 Å². The Morgan fingerprint density at radius 2 is 1.85 bits per heavy atom. The van der Waals surface area contributed by atoms with Crippen molar-refractivity contribution < 1.29 is 38.5 Å². The summed E-state index contributed by atoms with van der Waals surface area (Å²) < 4.78 is 15.8. The summed E-state index contributed by atoms with van der Waals surface area (Å²) in [6.07, 6.45) is 1.42. The average Bonchev–Trinajstić information content (AvgIpc) is 3.06. The minimum atomic E-state index is -1.14. The van der Waals surface area contributed by atoms with E-state index in [1.807, 2.05) is 0 Å². The van der Waals surface area contributed by atoms with Crippen molar-refractivity contribution in [1.29, 1.82) is 0 Å². The van der Waals surface area contributed by atoms with E-state index in [9.17, 15) is 19.2 Å². The van der Waals surface area contributed by atoms with E-state index in [1.54, 1.807) is 43.3 Å². The van der Waals surface area contributed by atoms with Crippen LogP contribution < -0.4 is 24.8 Å². The van der Waals surface area contributed by atoms with Crippen LogP contribution in [0, 0.1) is 0 Å². The molecule has 2 aromatic carbocycles. The molecule has 1 heterocycles. The molecular weight excluding hydrogens is 446 g/mol. The van der Waals surface area contributed by atoms with Gasteiger partial charge < -0.3 is 30.0 Å². The molecule has 1 fully saturated rings. The number of carbonyl (C=O) groups is 4. The van der Waals surface area contributed by atoms with Gasteiger partial charge >= 0.3 is 12.0 Å². The van der Waals surface area contributed by atoms with Crippen LogP contribution in [0.4, 0.5) is 10.5 Å². The molecule has 178 valence electrons. The van der Waals surface area contributed by atoms with E-state index in [-0.39, 0.29) is 17.2 Å². The van der Waals surface area contributed by atoms with Gasteiger partial charge in [-0.1, -0.05) is 18.2 Å². The van der Waals surface area contributed by atoms with E-state index >= 15 is 0 Å². The first-order chi connectivity index (χ1) is 16.3. The molecule has 1 aliphatic rings. The van der Waals surface area contributed by atoms with Gasteiger partial charge in [0.25, 0.3) is 5.91 Å². The molecule has 1 saturated heterocycles. The molecule has 3 rings (SSSR count). The van der Waals surface area contributed by atoms with Gasteiger partial charge in [0.1, 0.15) is 18.0 Å². The number of imide groups is 1. The number of carboxylic acid groups (broad SMARTS) is 1. The minimum absolute atomic E-state index is 0.0308. The first-order valence-corrected chi connectivity index (χ1v) is 10.2. The number of methoxy groups -OCH3 is 1. The number of amides is 4. The lowest BCUT2D eigenvalue weighted by molar-refractivity contribution is -0.139. The van der Waals surface area contributed by atoms with Crippen LogP contribution in [-0.4, -0.2) is 60.7 Å². The lowest BCUT2D eigenvalue weighted by Gasteiger charge is -2.13. The van der Waals surface area contributed by atoms with E-state index in [2.05, 4.69) is 10.6 Å². The topological polar surface area (TPSA) is 144 Å². The van der Waals surface area contributed by atoms with Crippen LogP contribution in [0.3, 0.4) is 0 Å². The summed E-state index contributed by atoms with van der Waals surface area (Å²) >= 11 is 0. The summed E-state index contributed by atoms with van der Waals surface area (Å²) in [4.78, 5) is 49.0. The highest BCUT2D eigenvalue weighted by molar-refractivity contribution is 6.16. The Balaban J connectivity index is 1.73. The number of anilines is 1. The highest BCUT2D eigenvalue weighted by atomic mass is 16.5. The number of carbonyl (C=O) groups excluding carboxylic acids is 3. The number of hydrogen-bond acceptors (Lipinski definition) is 7. The predicted octanol–water partition coefficient (Wildman–Crippen LogP) is 2.09. The number of nitrogens with zero attached hydrogens (tertiary/aromatic N) is 1. The largest absolute Gasteiger partial charge is 0.495 e. The SMILES string of the molecule is CCOc1cc(/C=C2/NC(=O)N(CC(=O)Nc3ccccc3OC)C2=O)ccc1OCC(=O)O. The molecule has 0 spiro atoms. The van der Waals surface area contributed by atoms with Gasteiger partial charge in [0.2, 0.25) is 5.91 Å². The zero-order valence-electron chi connectivity index (χ0n) is 18.5. The first kappa shape index (κ1) is 24.1. The Hall–Kier alpha value is -4.54. The van der Waals surface area contributed by atoms with Crippen molar-refractivity contribution in [3.63, 3.8) is 0 Å². The number of rotatable bonds is 10. The zero-order valence-corrected chi connectivity index (χ0v) is 18.5. The molecular formula is C23H23N3O8. The van der Waals surface area contributed by atoms with Crippen molar-refractivity contribution in [1.82, 2.24) is 10.2 Å². The van der Waals surface area contributed by atoms with Gasteiger partial charge in [0.15, 0.2) is 18.1 Å². The van der Waals surface area contributed by atoms with Gasteiger partial charge in [-0.2, -0.15) is 0 Å². The van der Waals surface area contributed by atoms with Crippen molar-refractivity contribution in [2.24, 2.45) is 0 Å². The Bertz CT molecular complexity index is 1140. The van der Waals surface area contributed by atoms with Crippen molar-refractivity contribution in [3.8, 4) is 17.2 Å². The number of ether oxygens (including phenoxy) is 3. The van der Waals surface area contributed by atoms with Crippen LogP contribution in [0.2, 0.25) is 0 Å². The Kier molecular flexibility index (Phi) is 7.70. The van der Waals surface area contributed by atoms with E-state index in [4.69, 9.17) is 19.3 Å². The molecule has 2 aromatic rings. The third-order valence-corrected chi connectivity index (χ3v) is 4.57. The second kappa shape index (κ2) is 10.9. The van der Waals surface area contributed by atoms with Crippen molar-refractivity contribution in [2.45, 2.75) is 6.92 Å². The second-order valence-electron chi connectivity index (χ2n) is 6.95. The van der Waals surface area contributed by atoms with Crippen LogP contribution in [0.25, 0.3) is 6.08 Å². The molecule has 0 atom stereocenters. The maximum absolute atomic E-state index is 12.7. The van der Waals surface area contributed by atoms with E-state index in [1.165, 1.54) is 19.3 Å². The number of nitrogens with one attached hydrogen (secondary N) is 2. The quantitative estimate of drug-likeness (QED) is 0.355. The lowest BCUT2D eigenvalue weighted by atomic mass is 10.1. The molecule has 0 aliphatic carbocycles. The van der Waals surface area contributed by atoms with Crippen LogP contribution in [-0.2, 0) is 14.4 Å². The maximum atomic E-state index is 12.7. The standard InChI is InChI=1S/C23H23N3O8/c1-3-33-19-11-14(8-9-18(19)34-13-21(28)29)10-16-22(30)26(23(31)25-16)12-20(27)24-15-6-4-5-7-17(15)32-2/h4-11H,3,12-13H2,1-2H3,(H,24,27)(H,25,31)(H,28,29)/b16-10+. The van der Waals surface area contributed by atoms with Crippen molar-refractivity contribution in [2.75, 3.05) is 32.2 Å². The third kappa shape index (κ3) is 5.82. The smallest absolute Gasteiger partial charge is 0.341 e. The Labute approximate surface area is 194 Å². The van der Waals surface area contributed by atoms with Crippen molar-refractivity contribution in [3.05, 3.63) is 53.7 Å². The van der Waals surface area contributed by atoms with E-state index < -0.39 is 37.0 Å². The fourth-order valence-corrected chi connectivity index (χ4v) is 3.10. The Morgan fingerprint density at radius 1 is 1.09 bits per heavy atom. The fourth-order valence-electron chi connectivity index (χ4n) is 3.10. The van der Waals surface area contributed by atoms with Gasteiger partial charge in [-0.3, -0.25) is 9.59 Å². The number of urea groups is 1. The number of benzene rings is 2. The normalized spacial score (nSPS) is 14.1. The van der Waals surface area contributed by atoms with Crippen LogP contribution >= 0.6 is 0 Å². The van der Waals surface area contributed by atoms with Crippen molar-refractivity contribution >= 4 is 35.6 Å². The minimum Gasteiger partial charge on any atom is -0.495 e. The number of para-hydroxylation sites is 2. The molecule has 0 unspecified atom stereocenters. The van der Waals surface area contributed by atoms with Gasteiger partial charge in [-0.05, 0) is 42.8 Å². The monoisotopic (exact) mass is 469 g/mol. The summed E-state index contributed by atoms with van der Waals surface area (Å²) in [5.74, 6) is -1.44. The molecule has 1 aliphatic heterocycles. The van der Waals surface area contributed by atoms with Gasteiger partial charge in [-0.25, -0.2) is 14.5 Å². The third-order valence-electron chi connectivity index (χ3n) is 4.57. The summed E-state index contributed by atoms with van der Waals surface area (Å²) in [5, 5.41) is 13.9. The summed E-state index contributed by atoms with van der Waals surface area (Å²) in [5.41, 5.74) is 0.873. The number of hydrogen-bond donors (Lipinski definition) is 3. The molecule has 0 saturated carbocycles. The first-order valence-electron chi connectivity index (χ1n) is 10.2. The van der Waals surface area contributed by atoms with Gasteiger partial charge in [-0.15, -0.1) is 0 Å².